The number of benzene rings is 1. The maximum atomic E-state index is 11.8. The topological polar surface area (TPSA) is 0 Å². The van der Waals surface area contributed by atoms with Crippen LogP contribution in [0.5, 0.6) is 0 Å². The number of hydrogen-bond donors (Lipinski definition) is 0. The van der Waals surface area contributed by atoms with Crippen molar-refractivity contribution in [2.75, 3.05) is 5.75 Å². The van der Waals surface area contributed by atoms with E-state index in [4.69, 9.17) is 11.6 Å². The van der Waals surface area contributed by atoms with Crippen LogP contribution in [-0.2, 0) is 5.75 Å². The smallest absolute Gasteiger partial charge is 0.171 e. The fourth-order valence-electron chi connectivity index (χ4n) is 0.959. The normalized spacial score (nSPS) is 11.7. The SMILES string of the molecule is FC(F)(F)CCSCc1ccc(Cl)cc1. The molecule has 0 spiro atoms. The zero-order chi connectivity index (χ0) is 11.3. The summed E-state index contributed by atoms with van der Waals surface area (Å²) in [6.45, 7) is 0. The van der Waals surface area contributed by atoms with Gasteiger partial charge in [-0.1, -0.05) is 23.7 Å². The molecule has 0 N–H and O–H groups in total. The van der Waals surface area contributed by atoms with Gasteiger partial charge in [0.15, 0.2) is 0 Å². The van der Waals surface area contributed by atoms with Gasteiger partial charge in [-0.05, 0) is 17.7 Å². The van der Waals surface area contributed by atoms with Gasteiger partial charge in [0.2, 0.25) is 0 Å². The van der Waals surface area contributed by atoms with Crippen LogP contribution in [0.2, 0.25) is 5.02 Å². The van der Waals surface area contributed by atoms with Crippen LogP contribution in [0.4, 0.5) is 13.2 Å². The molecule has 0 heterocycles. The molecular formula is C10H10ClF3S. The third-order valence-electron chi connectivity index (χ3n) is 1.71. The van der Waals surface area contributed by atoms with Crippen LogP contribution in [-0.4, -0.2) is 11.9 Å². The molecule has 0 unspecified atom stereocenters. The van der Waals surface area contributed by atoms with Crippen LogP contribution in [0.3, 0.4) is 0 Å². The van der Waals surface area contributed by atoms with Crippen LogP contribution < -0.4 is 0 Å². The first-order chi connectivity index (χ1) is 6.97. The highest BCUT2D eigenvalue weighted by Gasteiger charge is 2.25. The van der Waals surface area contributed by atoms with Crippen LogP contribution in [0, 0.1) is 0 Å². The zero-order valence-electron chi connectivity index (χ0n) is 7.85. The van der Waals surface area contributed by atoms with Crippen LogP contribution >= 0.6 is 23.4 Å². The second-order valence-corrected chi connectivity index (χ2v) is 4.59. The van der Waals surface area contributed by atoms with Gasteiger partial charge in [-0.25, -0.2) is 0 Å². The van der Waals surface area contributed by atoms with Crippen molar-refractivity contribution in [3.8, 4) is 0 Å². The fourth-order valence-corrected chi connectivity index (χ4v) is 2.03. The van der Waals surface area contributed by atoms with E-state index in [1.165, 1.54) is 11.8 Å². The molecule has 0 bridgehead atoms. The first-order valence-electron chi connectivity index (χ1n) is 4.36. The van der Waals surface area contributed by atoms with E-state index >= 15 is 0 Å². The molecular weight excluding hydrogens is 245 g/mol. The van der Waals surface area contributed by atoms with Gasteiger partial charge < -0.3 is 0 Å². The van der Waals surface area contributed by atoms with Gasteiger partial charge in [0.05, 0.1) is 6.42 Å². The van der Waals surface area contributed by atoms with Gasteiger partial charge in [0, 0.05) is 16.5 Å². The Hall–Kier alpha value is -0.350. The molecule has 0 aromatic heterocycles. The Kier molecular flexibility index (Phi) is 4.80. The molecule has 0 amide bonds. The van der Waals surface area contributed by atoms with Crippen molar-refractivity contribution in [2.24, 2.45) is 0 Å². The van der Waals surface area contributed by atoms with E-state index in [2.05, 4.69) is 0 Å². The molecule has 15 heavy (non-hydrogen) atoms. The molecule has 0 radical (unpaired) electrons. The summed E-state index contributed by atoms with van der Waals surface area (Å²) in [5.41, 5.74) is 0.992. The lowest BCUT2D eigenvalue weighted by Crippen LogP contribution is -2.08. The molecule has 0 saturated heterocycles. The summed E-state index contributed by atoms with van der Waals surface area (Å²) in [6.07, 6.45) is -4.78. The summed E-state index contributed by atoms with van der Waals surface area (Å²) in [6, 6.07) is 7.12. The van der Waals surface area contributed by atoms with Gasteiger partial charge in [-0.2, -0.15) is 24.9 Å². The molecule has 0 aliphatic heterocycles. The average Bonchev–Trinajstić information content (AvgIpc) is 2.14. The molecule has 0 saturated carbocycles. The maximum absolute atomic E-state index is 11.8. The minimum Gasteiger partial charge on any atom is -0.171 e. The van der Waals surface area contributed by atoms with Crippen LogP contribution in [0.1, 0.15) is 12.0 Å². The Labute approximate surface area is 95.8 Å². The monoisotopic (exact) mass is 254 g/mol. The largest absolute Gasteiger partial charge is 0.389 e. The molecule has 0 nitrogen and oxygen atoms in total. The molecule has 0 fully saturated rings. The summed E-state index contributed by atoms with van der Waals surface area (Å²) >= 11 is 6.95. The van der Waals surface area contributed by atoms with E-state index in [0.29, 0.717) is 10.8 Å². The van der Waals surface area contributed by atoms with E-state index in [0.717, 1.165) is 5.56 Å². The van der Waals surface area contributed by atoms with Gasteiger partial charge in [0.25, 0.3) is 0 Å². The highest BCUT2D eigenvalue weighted by Crippen LogP contribution is 2.23. The average molecular weight is 255 g/mol. The van der Waals surface area contributed by atoms with Crippen LogP contribution in [0.15, 0.2) is 24.3 Å². The third kappa shape index (κ3) is 5.95. The lowest BCUT2D eigenvalue weighted by molar-refractivity contribution is -0.129. The highest BCUT2D eigenvalue weighted by molar-refractivity contribution is 7.98. The molecule has 0 aliphatic carbocycles. The summed E-state index contributed by atoms with van der Waals surface area (Å²) in [4.78, 5) is 0. The number of halogens is 4. The van der Waals surface area contributed by atoms with Crippen molar-refractivity contribution in [2.45, 2.75) is 18.3 Å². The lowest BCUT2D eigenvalue weighted by Gasteiger charge is -2.05. The van der Waals surface area contributed by atoms with Crippen molar-refractivity contribution in [3.63, 3.8) is 0 Å². The molecule has 0 aliphatic rings. The van der Waals surface area contributed by atoms with Crippen molar-refractivity contribution < 1.29 is 13.2 Å². The first kappa shape index (κ1) is 12.7. The molecule has 5 heteroatoms. The first-order valence-corrected chi connectivity index (χ1v) is 5.89. The molecule has 0 atom stereocenters. The Bertz CT molecular complexity index is 295. The molecule has 1 aromatic rings. The van der Waals surface area contributed by atoms with E-state index in [1.807, 2.05) is 12.1 Å². The van der Waals surface area contributed by atoms with Gasteiger partial charge in [-0.15, -0.1) is 0 Å². The number of rotatable bonds is 4. The predicted octanol–water partition coefficient (Wildman–Crippen LogP) is 4.53. The van der Waals surface area contributed by atoms with Gasteiger partial charge in [-0.3, -0.25) is 0 Å². The quantitative estimate of drug-likeness (QED) is 0.712. The molecule has 1 aromatic carbocycles. The Morgan fingerprint density at radius 3 is 2.27 bits per heavy atom. The van der Waals surface area contributed by atoms with E-state index < -0.39 is 12.6 Å². The maximum Gasteiger partial charge on any atom is 0.389 e. The van der Waals surface area contributed by atoms with E-state index in [9.17, 15) is 13.2 Å². The van der Waals surface area contributed by atoms with Gasteiger partial charge >= 0.3 is 6.18 Å². The summed E-state index contributed by atoms with van der Waals surface area (Å²) in [5.74, 6) is 0.694. The summed E-state index contributed by atoms with van der Waals surface area (Å²) in [7, 11) is 0. The van der Waals surface area contributed by atoms with Crippen molar-refractivity contribution >= 4 is 23.4 Å². The fraction of sp³-hybridized carbons (Fsp3) is 0.400. The number of thioether (sulfide) groups is 1. The molecule has 1 rings (SSSR count). The molecule has 84 valence electrons. The third-order valence-corrected chi connectivity index (χ3v) is 2.99. The van der Waals surface area contributed by atoms with E-state index in [1.54, 1.807) is 12.1 Å². The minimum atomic E-state index is -4.05. The predicted molar refractivity (Wildman–Crippen MR) is 58.3 cm³/mol. The summed E-state index contributed by atoms with van der Waals surface area (Å²) < 4.78 is 35.4. The van der Waals surface area contributed by atoms with Crippen molar-refractivity contribution in [1.82, 2.24) is 0 Å². The Morgan fingerprint density at radius 2 is 1.73 bits per heavy atom. The van der Waals surface area contributed by atoms with Crippen LogP contribution in [0.25, 0.3) is 0 Å². The Morgan fingerprint density at radius 1 is 1.13 bits per heavy atom. The standard InChI is InChI=1S/C10H10ClF3S/c11-9-3-1-8(2-4-9)7-15-6-5-10(12,13)14/h1-4H,5-7H2. The lowest BCUT2D eigenvalue weighted by atomic mass is 10.2. The van der Waals surface area contributed by atoms with E-state index in [-0.39, 0.29) is 5.75 Å². The number of alkyl halides is 3. The zero-order valence-corrected chi connectivity index (χ0v) is 9.42. The second-order valence-electron chi connectivity index (χ2n) is 3.04. The summed E-state index contributed by atoms with van der Waals surface area (Å²) in [5, 5.41) is 0.638. The Balaban J connectivity index is 2.23. The van der Waals surface area contributed by atoms with Gasteiger partial charge in [0.1, 0.15) is 0 Å². The second kappa shape index (κ2) is 5.66. The minimum absolute atomic E-state index is 0.103. The highest BCUT2D eigenvalue weighted by atomic mass is 35.5. The van der Waals surface area contributed by atoms with Crippen molar-refractivity contribution in [1.29, 1.82) is 0 Å². The van der Waals surface area contributed by atoms with Crippen molar-refractivity contribution in [3.05, 3.63) is 34.9 Å². The number of hydrogen-bond acceptors (Lipinski definition) is 1.